The Balaban J connectivity index is -0.000000200. The van der Waals surface area contributed by atoms with Crippen LogP contribution in [0.3, 0.4) is 0 Å². The smallest absolute Gasteiger partial charge is 0.160 e. The summed E-state index contributed by atoms with van der Waals surface area (Å²) in [5.41, 5.74) is 0.273. The van der Waals surface area contributed by atoms with Crippen LogP contribution in [0, 0.1) is 64.6 Å². The van der Waals surface area contributed by atoms with E-state index in [1.807, 2.05) is 55.4 Å². The minimum Gasteiger partial charge on any atom is -0.382 e. The molecule has 0 aromatic rings. The Morgan fingerprint density at radius 1 is 0.275 bits per heavy atom. The summed E-state index contributed by atoms with van der Waals surface area (Å²) >= 11 is 0. The highest BCUT2D eigenvalue weighted by atomic mass is 16.7. The summed E-state index contributed by atoms with van der Waals surface area (Å²) in [5.74, 6) is 6.36. The molecule has 0 aliphatic heterocycles. The van der Waals surface area contributed by atoms with Gasteiger partial charge in [-0.05, 0) is 147 Å². The van der Waals surface area contributed by atoms with Crippen LogP contribution >= 0.6 is 0 Å². The highest BCUT2D eigenvalue weighted by molar-refractivity contribution is 4.75. The van der Waals surface area contributed by atoms with Crippen molar-refractivity contribution in [2.45, 2.75) is 327 Å². The quantitative estimate of drug-likeness (QED) is 0.0413. The Kier molecular flexibility index (Phi) is 92.8. The zero-order valence-corrected chi connectivity index (χ0v) is 73.7. The monoisotopic (exact) mass is 1480 g/mol. The first kappa shape index (κ1) is 115. The summed E-state index contributed by atoms with van der Waals surface area (Å²) < 4.78 is 106. The van der Waals surface area contributed by atoms with Gasteiger partial charge in [0, 0.05) is 180 Å². The molecule has 0 heterocycles. The molecule has 0 amide bonds. The fourth-order valence-corrected chi connectivity index (χ4v) is 8.75. The van der Waals surface area contributed by atoms with Crippen LogP contribution in [0.25, 0.3) is 0 Å². The third-order valence-electron chi connectivity index (χ3n) is 15.3. The second-order valence-corrected chi connectivity index (χ2v) is 29.1. The fourth-order valence-electron chi connectivity index (χ4n) is 8.75. The number of hydrogen-bond donors (Lipinski definition) is 0. The molecule has 2 aliphatic rings. The first-order valence-electron chi connectivity index (χ1n) is 39.8. The van der Waals surface area contributed by atoms with E-state index in [-0.39, 0.29) is 62.0 Å². The van der Waals surface area contributed by atoms with Gasteiger partial charge in [-0.3, -0.25) is 0 Å². The maximum atomic E-state index is 5.58. The molecule has 20 heteroatoms. The van der Waals surface area contributed by atoms with Crippen molar-refractivity contribution in [1.82, 2.24) is 0 Å². The Bertz CT molecular complexity index is 1450. The molecule has 0 aromatic carbocycles. The number of rotatable bonds is 53. The summed E-state index contributed by atoms with van der Waals surface area (Å²) in [4.78, 5) is 0. The Hall–Kier alpha value is -0.800. The lowest BCUT2D eigenvalue weighted by molar-refractivity contribution is -0.171. The minimum absolute atomic E-state index is 0.00463. The van der Waals surface area contributed by atoms with E-state index >= 15 is 0 Å². The third-order valence-corrected chi connectivity index (χ3v) is 15.3. The van der Waals surface area contributed by atoms with Crippen LogP contribution in [-0.2, 0) is 94.7 Å². The van der Waals surface area contributed by atoms with E-state index in [9.17, 15) is 0 Å². The lowest BCUT2D eigenvalue weighted by Crippen LogP contribution is -2.28. The Morgan fingerprint density at radius 3 is 0.765 bits per heavy atom. The predicted molar refractivity (Wildman–Crippen MR) is 422 cm³/mol. The summed E-state index contributed by atoms with van der Waals surface area (Å²) in [6.45, 7) is 67.0. The number of methoxy groups -OCH3 is 8. The normalized spacial score (nSPS) is 13.6. The molecule has 626 valence electrons. The molecule has 102 heavy (non-hydrogen) atoms. The van der Waals surface area contributed by atoms with Gasteiger partial charge in [-0.25, -0.2) is 0 Å². The van der Waals surface area contributed by atoms with E-state index in [1.165, 1.54) is 25.7 Å². The van der Waals surface area contributed by atoms with Crippen molar-refractivity contribution in [3.05, 3.63) is 0 Å². The van der Waals surface area contributed by atoms with E-state index in [4.69, 9.17) is 94.7 Å². The lowest BCUT2D eigenvalue weighted by Gasteiger charge is -2.26. The summed E-state index contributed by atoms with van der Waals surface area (Å²) in [6, 6.07) is 0. The molecule has 2 fully saturated rings. The minimum atomic E-state index is -0.143. The summed E-state index contributed by atoms with van der Waals surface area (Å²) in [5, 5.41) is 0. The second kappa shape index (κ2) is 82.7. The zero-order chi connectivity index (χ0) is 79.7. The van der Waals surface area contributed by atoms with Gasteiger partial charge in [-0.15, -0.1) is 0 Å². The van der Waals surface area contributed by atoms with Crippen LogP contribution in [0.2, 0.25) is 0 Å². The molecule has 0 N–H and O–H groups in total. The second-order valence-electron chi connectivity index (χ2n) is 29.1. The van der Waals surface area contributed by atoms with Crippen LogP contribution in [0.4, 0.5) is 0 Å². The van der Waals surface area contributed by atoms with Gasteiger partial charge in [0.2, 0.25) is 0 Å². The topological polar surface area (TPSA) is 185 Å². The molecular weight excluding hydrogens is 1300 g/mol. The van der Waals surface area contributed by atoms with E-state index in [0.717, 1.165) is 136 Å². The maximum absolute atomic E-state index is 5.58. The Labute approximate surface area is 633 Å². The molecule has 2 rings (SSSR count). The van der Waals surface area contributed by atoms with E-state index in [0.29, 0.717) is 73.8 Å². The van der Waals surface area contributed by atoms with Gasteiger partial charge in [0.1, 0.15) is 0 Å². The molecule has 2 unspecified atom stereocenters. The first-order chi connectivity index (χ1) is 48.3. The van der Waals surface area contributed by atoms with Gasteiger partial charge in [0.05, 0.1) is 26.4 Å². The van der Waals surface area contributed by atoms with Crippen molar-refractivity contribution in [1.29, 1.82) is 0 Å². The van der Waals surface area contributed by atoms with Gasteiger partial charge in [-0.1, -0.05) is 132 Å². The molecule has 2 saturated carbocycles. The largest absolute Gasteiger partial charge is 0.382 e. The standard InChI is InChI=1S/C11H24O4.C11H24O2.2C10H22O2.C9H18O2.C9H20O2.C8H18O2.C7H14O2.C7H16O2/c1-10(2)9-11(14-7-5-12-3)15-8-6-13-4;1-5-7-12-11(9-10(3)4)13-8-6-2;1-6-11-9(12-7-2)8-10(3,4)5;1-6-11-10(12-7-2)9(5)8(3)4;1-3-10-9(11-4-2)7-8-5-6-8;1-5-10-9(11-6-2)7-8(3)4;1-6(2)7(3)8(9-4)10-5;1-8-7(9-2)5-6-3-4-6;1-6(2)5-7(8-3)9-4/h10-11H,5-9H2,1-4H3;10-11H,5-9H2,1-4H3;9H,6-8H2,1-5H3;8-10H,6-7H2,1-5H3;8-9H,3-7H2,1-2H3;8-9H,5-7H2,1-4H3;6-8H,1-5H3;6-7H,3-5H2,1-2H3;6-7H,5H2,1-4H3. The third kappa shape index (κ3) is 88.1. The van der Waals surface area contributed by atoms with Crippen LogP contribution in [0.1, 0.15) is 270 Å². The lowest BCUT2D eigenvalue weighted by atomic mass is 9.92. The van der Waals surface area contributed by atoms with E-state index < -0.39 is 0 Å². The number of hydrogen-bond acceptors (Lipinski definition) is 20. The number of ether oxygens (including phenoxy) is 20. The van der Waals surface area contributed by atoms with Gasteiger partial charge in [-0.2, -0.15) is 0 Å². The fraction of sp³-hybridized carbons (Fsp3) is 1.00. The van der Waals surface area contributed by atoms with Crippen molar-refractivity contribution in [3.63, 3.8) is 0 Å². The van der Waals surface area contributed by atoms with E-state index in [2.05, 4.69) is 132 Å². The first-order valence-corrected chi connectivity index (χ1v) is 39.8. The van der Waals surface area contributed by atoms with Crippen LogP contribution < -0.4 is 0 Å². The molecule has 0 aromatic heterocycles. The molecule has 2 aliphatic carbocycles. The molecule has 0 saturated heterocycles. The average Bonchev–Trinajstić information content (AvgIpc) is 1.69. The van der Waals surface area contributed by atoms with Gasteiger partial charge in [0.15, 0.2) is 56.6 Å². The predicted octanol–water partition coefficient (Wildman–Crippen LogP) is 20.0. The average molecular weight is 1480 g/mol. The highest BCUT2D eigenvalue weighted by Gasteiger charge is 2.27. The Morgan fingerprint density at radius 2 is 0.539 bits per heavy atom. The summed E-state index contributed by atoms with van der Waals surface area (Å²) in [7, 11) is 13.4. The van der Waals surface area contributed by atoms with Gasteiger partial charge in [0.25, 0.3) is 0 Å². The van der Waals surface area contributed by atoms with Crippen molar-refractivity contribution in [2.75, 3.05) is 149 Å². The molecule has 2 atom stereocenters. The molecular formula is C82H178O20. The summed E-state index contributed by atoms with van der Waals surface area (Å²) in [6.07, 6.45) is 14.4. The highest BCUT2D eigenvalue weighted by Crippen LogP contribution is 2.35. The van der Waals surface area contributed by atoms with Crippen LogP contribution in [0.5, 0.6) is 0 Å². The molecule has 0 radical (unpaired) electrons. The van der Waals surface area contributed by atoms with E-state index in [1.54, 1.807) is 56.9 Å². The van der Waals surface area contributed by atoms with Crippen LogP contribution in [0.15, 0.2) is 0 Å². The van der Waals surface area contributed by atoms with Crippen molar-refractivity contribution >= 4 is 0 Å². The maximum Gasteiger partial charge on any atom is 0.160 e. The molecule has 0 bridgehead atoms. The van der Waals surface area contributed by atoms with Crippen molar-refractivity contribution in [2.24, 2.45) is 64.6 Å². The van der Waals surface area contributed by atoms with Gasteiger partial charge >= 0.3 is 0 Å². The SMILES string of the molecule is CCCOC(CC(C)C)OCCC.CCOC(CC(C)(C)C)OCC.CCOC(CC(C)C)OCC.CCOC(CC1CC1)OCC.CCOC(OCC)C(C)C(C)C.COC(CC(C)C)OC.COC(CC1CC1)OC.COC(OC)C(C)C(C)C.COCCOC(CC(C)C)OCCOC. The van der Waals surface area contributed by atoms with Crippen LogP contribution in [-0.4, -0.2) is 206 Å². The molecule has 20 nitrogen and oxygen atoms in total. The molecule has 0 spiro atoms. The van der Waals surface area contributed by atoms with Gasteiger partial charge < -0.3 is 94.7 Å². The zero-order valence-electron chi connectivity index (χ0n) is 73.7. The van der Waals surface area contributed by atoms with Crippen molar-refractivity contribution in [3.8, 4) is 0 Å². The van der Waals surface area contributed by atoms with Crippen molar-refractivity contribution < 1.29 is 94.7 Å².